The van der Waals surface area contributed by atoms with Gasteiger partial charge in [-0.05, 0) is 50.2 Å². The molecule has 0 radical (unpaired) electrons. The zero-order valence-corrected chi connectivity index (χ0v) is 18.1. The summed E-state index contributed by atoms with van der Waals surface area (Å²) in [5, 5.41) is 0. The molecular weight excluding hydrogens is 420 g/mol. The molecule has 3 aromatic rings. The van der Waals surface area contributed by atoms with Crippen molar-refractivity contribution in [1.82, 2.24) is 4.57 Å². The van der Waals surface area contributed by atoms with Gasteiger partial charge in [0.2, 0.25) is 0 Å². The van der Waals surface area contributed by atoms with E-state index >= 15 is 0 Å². The number of aromatic nitrogens is 1. The Balaban J connectivity index is 1.75. The molecule has 0 saturated heterocycles. The van der Waals surface area contributed by atoms with Crippen LogP contribution >= 0.6 is 11.3 Å². The smallest absolute Gasteiger partial charge is 0.326 e. The van der Waals surface area contributed by atoms with E-state index in [-0.39, 0.29) is 13.2 Å². The zero-order valence-electron chi connectivity index (χ0n) is 17.3. The molecule has 0 unspecified atom stereocenters. The molecule has 1 aromatic heterocycles. The Morgan fingerprint density at radius 3 is 2.65 bits per heavy atom. The Bertz CT molecular complexity index is 1200. The lowest BCUT2D eigenvalue weighted by Crippen LogP contribution is -2.23. The second-order valence-corrected chi connectivity index (χ2v) is 7.62. The molecule has 31 heavy (non-hydrogen) atoms. The Morgan fingerprint density at radius 1 is 1.06 bits per heavy atom. The third kappa shape index (κ3) is 4.56. The molecule has 1 aliphatic rings. The molecule has 0 N–H and O–H groups in total. The van der Waals surface area contributed by atoms with Crippen molar-refractivity contribution in [3.8, 4) is 17.2 Å². The summed E-state index contributed by atoms with van der Waals surface area (Å²) in [6, 6.07) is 10.5. The molecule has 0 atom stereocenters. The largest absolute Gasteiger partial charge is 0.494 e. The number of ether oxygens (including phenoxy) is 4. The van der Waals surface area contributed by atoms with Crippen molar-refractivity contribution in [1.29, 1.82) is 0 Å². The first kappa shape index (κ1) is 20.9. The van der Waals surface area contributed by atoms with Gasteiger partial charge in [0, 0.05) is 5.56 Å². The Labute approximate surface area is 182 Å². The van der Waals surface area contributed by atoms with Crippen LogP contribution in [0.4, 0.5) is 0 Å². The Kier molecular flexibility index (Phi) is 6.22. The topological polar surface area (TPSA) is 88.4 Å². The fourth-order valence-electron chi connectivity index (χ4n) is 3.21. The minimum absolute atomic E-state index is 0.0466. The van der Waals surface area contributed by atoms with Crippen LogP contribution in [-0.4, -0.2) is 42.9 Å². The maximum atomic E-state index is 12.9. The van der Waals surface area contributed by atoms with E-state index in [1.807, 2.05) is 25.1 Å². The normalized spacial score (nSPS) is 13.3. The quantitative estimate of drug-likeness (QED) is 0.545. The molecule has 4 rings (SSSR count). The van der Waals surface area contributed by atoms with Crippen LogP contribution in [0.1, 0.15) is 24.2 Å². The fraction of sp³-hybridized carbons (Fsp3) is 0.318. The zero-order chi connectivity index (χ0) is 21.8. The molecule has 8 nitrogen and oxygen atoms in total. The average Bonchev–Trinajstić information content (AvgIpc) is 3.09. The van der Waals surface area contributed by atoms with E-state index in [9.17, 15) is 9.59 Å². The van der Waals surface area contributed by atoms with Gasteiger partial charge in [0.25, 0.3) is 5.91 Å². The van der Waals surface area contributed by atoms with E-state index in [1.54, 1.807) is 29.7 Å². The summed E-state index contributed by atoms with van der Waals surface area (Å²) in [6.45, 7) is 5.34. The van der Waals surface area contributed by atoms with Gasteiger partial charge in [-0.2, -0.15) is 4.99 Å². The number of hydrogen-bond donors (Lipinski definition) is 0. The van der Waals surface area contributed by atoms with E-state index in [0.717, 1.165) is 10.2 Å². The van der Waals surface area contributed by atoms with Crippen molar-refractivity contribution < 1.29 is 28.5 Å². The first-order chi connectivity index (χ1) is 15.1. The number of benzene rings is 2. The highest BCUT2D eigenvalue weighted by molar-refractivity contribution is 7.16. The van der Waals surface area contributed by atoms with Gasteiger partial charge in [-0.25, -0.2) is 0 Å². The van der Waals surface area contributed by atoms with Crippen molar-refractivity contribution in [3.63, 3.8) is 0 Å². The number of nitrogens with zero attached hydrogens (tertiary/aromatic N) is 2. The van der Waals surface area contributed by atoms with Crippen molar-refractivity contribution in [2.45, 2.75) is 20.4 Å². The highest BCUT2D eigenvalue weighted by Crippen LogP contribution is 2.31. The van der Waals surface area contributed by atoms with Gasteiger partial charge in [0.05, 0.1) is 23.4 Å². The van der Waals surface area contributed by atoms with Crippen LogP contribution in [0, 0.1) is 0 Å². The number of carbonyl (C=O) groups excluding carboxylic acids is 2. The maximum absolute atomic E-state index is 12.9. The second kappa shape index (κ2) is 9.22. The lowest BCUT2D eigenvalue weighted by atomic mass is 10.2. The van der Waals surface area contributed by atoms with Crippen LogP contribution in [0.25, 0.3) is 10.2 Å². The number of thiazole rings is 1. The van der Waals surface area contributed by atoms with Gasteiger partial charge >= 0.3 is 5.97 Å². The van der Waals surface area contributed by atoms with E-state index in [2.05, 4.69) is 4.99 Å². The molecule has 2 aromatic carbocycles. The van der Waals surface area contributed by atoms with Gasteiger partial charge in [0.1, 0.15) is 25.5 Å². The minimum atomic E-state index is -0.439. The molecule has 1 aliphatic heterocycles. The number of esters is 1. The maximum Gasteiger partial charge on any atom is 0.326 e. The summed E-state index contributed by atoms with van der Waals surface area (Å²) in [5.74, 6) is 0.995. The third-order valence-electron chi connectivity index (χ3n) is 4.54. The first-order valence-electron chi connectivity index (χ1n) is 9.99. The molecular formula is C22H22N2O6S. The molecule has 0 saturated carbocycles. The van der Waals surface area contributed by atoms with Crippen LogP contribution in [-0.2, 0) is 16.1 Å². The van der Waals surface area contributed by atoms with Crippen molar-refractivity contribution in [2.24, 2.45) is 4.99 Å². The highest BCUT2D eigenvalue weighted by Gasteiger charge is 2.17. The summed E-state index contributed by atoms with van der Waals surface area (Å²) < 4.78 is 24.3. The lowest BCUT2D eigenvalue weighted by molar-refractivity contribution is -0.143. The van der Waals surface area contributed by atoms with Crippen LogP contribution < -0.4 is 19.0 Å². The number of hydrogen-bond acceptors (Lipinski definition) is 7. The van der Waals surface area contributed by atoms with Crippen molar-refractivity contribution in [2.75, 3.05) is 26.4 Å². The minimum Gasteiger partial charge on any atom is -0.494 e. The summed E-state index contributed by atoms with van der Waals surface area (Å²) in [5.41, 5.74) is 1.15. The summed E-state index contributed by atoms with van der Waals surface area (Å²) in [7, 11) is 0. The van der Waals surface area contributed by atoms with E-state index in [4.69, 9.17) is 18.9 Å². The predicted octanol–water partition coefficient (Wildman–Crippen LogP) is 3.18. The van der Waals surface area contributed by atoms with E-state index < -0.39 is 11.9 Å². The lowest BCUT2D eigenvalue weighted by Gasteiger charge is -2.18. The summed E-state index contributed by atoms with van der Waals surface area (Å²) >= 11 is 1.31. The molecule has 0 aliphatic carbocycles. The number of amides is 1. The SMILES string of the molecule is CCOC(=O)Cn1c(=NC(=O)c2ccc3c(c2)OCCO3)sc2cc(OCC)ccc21. The van der Waals surface area contributed by atoms with Crippen molar-refractivity contribution in [3.05, 3.63) is 46.8 Å². The van der Waals surface area contributed by atoms with Crippen molar-refractivity contribution >= 4 is 33.4 Å². The Hall–Kier alpha value is -3.33. The predicted molar refractivity (Wildman–Crippen MR) is 115 cm³/mol. The van der Waals surface area contributed by atoms with Gasteiger partial charge in [0.15, 0.2) is 16.3 Å². The molecule has 9 heteroatoms. The Morgan fingerprint density at radius 2 is 1.87 bits per heavy atom. The number of carbonyl (C=O) groups is 2. The van der Waals surface area contributed by atoms with Gasteiger partial charge in [-0.15, -0.1) is 0 Å². The average molecular weight is 442 g/mol. The molecule has 1 amide bonds. The molecule has 162 valence electrons. The number of fused-ring (bicyclic) bond motifs is 2. The van der Waals surface area contributed by atoms with Crippen LogP contribution in [0.5, 0.6) is 17.2 Å². The molecule has 0 spiro atoms. The molecule has 0 fully saturated rings. The second-order valence-electron chi connectivity index (χ2n) is 6.61. The monoisotopic (exact) mass is 442 g/mol. The number of rotatable bonds is 6. The molecule has 2 heterocycles. The van der Waals surface area contributed by atoms with E-state index in [1.165, 1.54) is 11.3 Å². The van der Waals surface area contributed by atoms with Crippen LogP contribution in [0.2, 0.25) is 0 Å². The van der Waals surface area contributed by atoms with Gasteiger partial charge in [-0.3, -0.25) is 9.59 Å². The van der Waals surface area contributed by atoms with E-state index in [0.29, 0.717) is 47.4 Å². The molecule has 0 bridgehead atoms. The van der Waals surface area contributed by atoms with Gasteiger partial charge in [-0.1, -0.05) is 11.3 Å². The standard InChI is InChI=1S/C22H22N2O6S/c1-3-27-15-6-7-16-19(12-15)31-22(24(16)13-20(25)28-4-2)23-21(26)14-5-8-17-18(11-14)30-10-9-29-17/h5-8,11-12H,3-4,9-10,13H2,1-2H3. The first-order valence-corrected chi connectivity index (χ1v) is 10.8. The van der Waals surface area contributed by atoms with Crippen LogP contribution in [0.3, 0.4) is 0 Å². The summed E-state index contributed by atoms with van der Waals surface area (Å²) in [4.78, 5) is 29.8. The van der Waals surface area contributed by atoms with Crippen LogP contribution in [0.15, 0.2) is 41.4 Å². The fourth-order valence-corrected chi connectivity index (χ4v) is 4.27. The van der Waals surface area contributed by atoms with Gasteiger partial charge < -0.3 is 23.5 Å². The third-order valence-corrected chi connectivity index (χ3v) is 5.59. The summed E-state index contributed by atoms with van der Waals surface area (Å²) in [6.07, 6.45) is 0. The highest BCUT2D eigenvalue weighted by atomic mass is 32.1.